The van der Waals surface area contributed by atoms with E-state index in [9.17, 15) is 0 Å². The van der Waals surface area contributed by atoms with E-state index in [-0.39, 0.29) is 0 Å². The number of pyridine rings is 1. The van der Waals surface area contributed by atoms with E-state index >= 15 is 0 Å². The van der Waals surface area contributed by atoms with Crippen LogP contribution in [-0.4, -0.2) is 9.55 Å². The summed E-state index contributed by atoms with van der Waals surface area (Å²) in [6, 6.07) is 64.8. The van der Waals surface area contributed by atoms with Crippen LogP contribution in [0.5, 0.6) is 0 Å². The normalized spacial score (nSPS) is 11.8. The predicted octanol–water partition coefficient (Wildman–Crippen LogP) is 13.5. The van der Waals surface area contributed by atoms with Gasteiger partial charge in [-0.25, -0.2) is 4.98 Å². The van der Waals surface area contributed by atoms with Crippen molar-refractivity contribution >= 4 is 82.5 Å². The molecule has 0 spiro atoms. The third kappa shape index (κ3) is 4.66. The molecule has 4 nitrogen and oxygen atoms in total. The van der Waals surface area contributed by atoms with E-state index in [1.807, 2.05) is 24.4 Å². The van der Waals surface area contributed by atoms with Crippen LogP contribution in [0.2, 0.25) is 0 Å². The van der Waals surface area contributed by atoms with Gasteiger partial charge in [0, 0.05) is 50.2 Å². The van der Waals surface area contributed by atoms with Crippen molar-refractivity contribution in [2.75, 3.05) is 4.90 Å². The van der Waals surface area contributed by atoms with Crippen molar-refractivity contribution < 1.29 is 4.42 Å². The van der Waals surface area contributed by atoms with E-state index in [0.717, 1.165) is 61.3 Å². The van der Waals surface area contributed by atoms with Gasteiger partial charge in [0.2, 0.25) is 0 Å². The van der Waals surface area contributed by atoms with Crippen molar-refractivity contribution in [3.8, 4) is 16.8 Å². The van der Waals surface area contributed by atoms with E-state index < -0.39 is 0 Å². The number of furan rings is 1. The number of benzene rings is 8. The summed E-state index contributed by atoms with van der Waals surface area (Å²) < 4.78 is 8.95. The molecule has 0 atom stereocenters. The minimum Gasteiger partial charge on any atom is -0.452 e. The van der Waals surface area contributed by atoms with Gasteiger partial charge in [-0.3, -0.25) is 4.90 Å². The van der Waals surface area contributed by atoms with Gasteiger partial charge in [-0.05, 0) is 81.9 Å². The summed E-state index contributed by atoms with van der Waals surface area (Å²) in [4.78, 5) is 7.20. The molecule has 0 aliphatic carbocycles. The van der Waals surface area contributed by atoms with Gasteiger partial charge in [0.15, 0.2) is 11.4 Å². The SMILES string of the molecule is c1cc(-c2ccc(-n3c4ccccc4c4ccc5ccccc5c43)cc2)cc(N(c2ccc3ccccc3c2)c2nccc3c2oc2ccccc23)c1. The lowest BCUT2D eigenvalue weighted by molar-refractivity contribution is 0.667. The maximum atomic E-state index is 6.54. The van der Waals surface area contributed by atoms with Crippen LogP contribution in [-0.2, 0) is 0 Å². The lowest BCUT2D eigenvalue weighted by Crippen LogP contribution is -2.12. The molecule has 0 aliphatic heterocycles. The number of hydrogen-bond donors (Lipinski definition) is 0. The Morgan fingerprint density at radius 1 is 0.453 bits per heavy atom. The van der Waals surface area contributed by atoms with E-state index in [1.165, 1.54) is 38.0 Å². The fraction of sp³-hybridized carbons (Fsp3) is 0. The Kier molecular flexibility index (Phi) is 6.52. The highest BCUT2D eigenvalue weighted by Crippen LogP contribution is 2.43. The lowest BCUT2D eigenvalue weighted by atomic mass is 10.0. The molecule has 11 rings (SSSR count). The smallest absolute Gasteiger partial charge is 0.181 e. The Labute approximate surface area is 305 Å². The second-order valence-electron chi connectivity index (χ2n) is 13.6. The summed E-state index contributed by atoms with van der Waals surface area (Å²) in [5, 5.41) is 9.48. The maximum Gasteiger partial charge on any atom is 0.181 e. The van der Waals surface area contributed by atoms with Crippen molar-refractivity contribution in [2.45, 2.75) is 0 Å². The highest BCUT2D eigenvalue weighted by atomic mass is 16.3. The Hall–Kier alpha value is -7.17. The molecule has 0 saturated heterocycles. The number of anilines is 3. The molecule has 248 valence electrons. The summed E-state index contributed by atoms with van der Waals surface area (Å²) >= 11 is 0. The zero-order chi connectivity index (χ0) is 34.9. The van der Waals surface area contributed by atoms with Gasteiger partial charge in [0.25, 0.3) is 0 Å². The molecule has 11 aromatic rings. The van der Waals surface area contributed by atoms with Crippen molar-refractivity contribution in [1.82, 2.24) is 9.55 Å². The quantitative estimate of drug-likeness (QED) is 0.182. The Bertz CT molecular complexity index is 3190. The van der Waals surface area contributed by atoms with Gasteiger partial charge < -0.3 is 8.98 Å². The molecule has 0 fully saturated rings. The summed E-state index contributed by atoms with van der Waals surface area (Å²) in [5.41, 5.74) is 9.43. The number of rotatable bonds is 5. The third-order valence-corrected chi connectivity index (χ3v) is 10.6. The summed E-state index contributed by atoms with van der Waals surface area (Å²) in [6.45, 7) is 0. The molecule has 8 aromatic carbocycles. The lowest BCUT2D eigenvalue weighted by Gasteiger charge is -2.25. The van der Waals surface area contributed by atoms with Crippen LogP contribution in [0.15, 0.2) is 193 Å². The topological polar surface area (TPSA) is 34.2 Å². The number of para-hydroxylation sites is 2. The largest absolute Gasteiger partial charge is 0.452 e. The van der Waals surface area contributed by atoms with Crippen LogP contribution in [0.1, 0.15) is 0 Å². The monoisotopic (exact) mass is 677 g/mol. The van der Waals surface area contributed by atoms with Crippen LogP contribution in [0.4, 0.5) is 17.2 Å². The molecule has 0 N–H and O–H groups in total. The van der Waals surface area contributed by atoms with Gasteiger partial charge in [-0.1, -0.05) is 127 Å². The van der Waals surface area contributed by atoms with Crippen molar-refractivity contribution in [1.29, 1.82) is 0 Å². The molecule has 0 saturated carbocycles. The molecule has 0 bridgehead atoms. The molecule has 3 aromatic heterocycles. The number of hydrogen-bond acceptors (Lipinski definition) is 3. The van der Waals surface area contributed by atoms with Crippen LogP contribution in [0, 0.1) is 0 Å². The van der Waals surface area contributed by atoms with Gasteiger partial charge >= 0.3 is 0 Å². The van der Waals surface area contributed by atoms with E-state index in [1.54, 1.807) is 0 Å². The first kappa shape index (κ1) is 29.5. The van der Waals surface area contributed by atoms with Crippen LogP contribution in [0.25, 0.3) is 82.1 Å². The highest BCUT2D eigenvalue weighted by Gasteiger charge is 2.22. The van der Waals surface area contributed by atoms with E-state index in [4.69, 9.17) is 9.40 Å². The Balaban J connectivity index is 1.06. The van der Waals surface area contributed by atoms with Crippen molar-refractivity contribution in [3.63, 3.8) is 0 Å². The molecule has 53 heavy (non-hydrogen) atoms. The maximum absolute atomic E-state index is 6.54. The van der Waals surface area contributed by atoms with Crippen LogP contribution >= 0.6 is 0 Å². The summed E-state index contributed by atoms with van der Waals surface area (Å²) in [6.07, 6.45) is 1.88. The number of aromatic nitrogens is 2. The zero-order valence-electron chi connectivity index (χ0n) is 28.6. The average Bonchev–Trinajstić information content (AvgIpc) is 3.78. The zero-order valence-corrected chi connectivity index (χ0v) is 28.6. The van der Waals surface area contributed by atoms with Gasteiger partial charge in [-0.2, -0.15) is 0 Å². The van der Waals surface area contributed by atoms with E-state index in [2.05, 4.69) is 173 Å². The van der Waals surface area contributed by atoms with Crippen molar-refractivity contribution in [3.05, 3.63) is 188 Å². The van der Waals surface area contributed by atoms with Gasteiger partial charge in [0.1, 0.15) is 5.58 Å². The first-order chi connectivity index (χ1) is 26.3. The fourth-order valence-corrected chi connectivity index (χ4v) is 8.13. The Morgan fingerprint density at radius 3 is 2.06 bits per heavy atom. The molecule has 0 amide bonds. The summed E-state index contributed by atoms with van der Waals surface area (Å²) in [5.74, 6) is 0.750. The summed E-state index contributed by atoms with van der Waals surface area (Å²) in [7, 11) is 0. The molecule has 0 unspecified atom stereocenters. The standard InChI is InChI=1S/C49H31N3O/c1-2-12-35-31-39(26-22-32(35)10-1)51(49-48-44(28-29-50-49)42-17-6-8-19-46(42)53-48)38-14-9-13-36(30-38)33-20-24-37(25-21-33)52-45-18-7-5-16-41(45)43-27-23-34-11-3-4-15-40(34)47(43)52/h1-31H. The molecule has 4 heteroatoms. The van der Waals surface area contributed by atoms with Crippen LogP contribution < -0.4 is 4.90 Å². The van der Waals surface area contributed by atoms with Crippen LogP contribution in [0.3, 0.4) is 0 Å². The average molecular weight is 678 g/mol. The minimum absolute atomic E-state index is 0.750. The molecule has 0 radical (unpaired) electrons. The molecular weight excluding hydrogens is 647 g/mol. The Morgan fingerprint density at radius 2 is 1.17 bits per heavy atom. The number of nitrogens with zero attached hydrogens (tertiary/aromatic N) is 3. The minimum atomic E-state index is 0.750. The molecule has 3 heterocycles. The first-order valence-corrected chi connectivity index (χ1v) is 18.0. The van der Waals surface area contributed by atoms with E-state index in [0.29, 0.717) is 0 Å². The second-order valence-corrected chi connectivity index (χ2v) is 13.6. The first-order valence-electron chi connectivity index (χ1n) is 18.0. The van der Waals surface area contributed by atoms with Crippen molar-refractivity contribution in [2.24, 2.45) is 0 Å². The molecular formula is C49H31N3O. The predicted molar refractivity (Wildman–Crippen MR) is 221 cm³/mol. The highest BCUT2D eigenvalue weighted by molar-refractivity contribution is 6.18. The van der Waals surface area contributed by atoms with Gasteiger partial charge in [0.05, 0.1) is 11.0 Å². The second kappa shape index (κ2) is 11.7. The third-order valence-electron chi connectivity index (χ3n) is 10.6. The fourth-order valence-electron chi connectivity index (χ4n) is 8.13. The molecule has 0 aliphatic rings. The van der Waals surface area contributed by atoms with Gasteiger partial charge in [-0.15, -0.1) is 0 Å². The number of fused-ring (bicyclic) bond motifs is 9.